The number of anilines is 2. The summed E-state index contributed by atoms with van der Waals surface area (Å²) < 4.78 is 4.33. The average Bonchev–Trinajstić information content (AvgIpc) is 3.51. The second-order valence-corrected chi connectivity index (χ2v) is 11.0. The first kappa shape index (κ1) is 30.8. The molecule has 1 atom stereocenters. The molecule has 1 saturated heterocycles. The molecule has 0 radical (unpaired) electrons. The van der Waals surface area contributed by atoms with Crippen molar-refractivity contribution in [3.8, 4) is 6.07 Å². The lowest BCUT2D eigenvalue weighted by atomic mass is 10.0. The van der Waals surface area contributed by atoms with Crippen molar-refractivity contribution in [1.82, 2.24) is 24.2 Å². The number of halogens is 1. The third kappa shape index (κ3) is 6.83. The van der Waals surface area contributed by atoms with E-state index in [1.54, 1.807) is 48.3 Å². The van der Waals surface area contributed by atoms with E-state index in [1.165, 1.54) is 11.9 Å². The molecule has 5 rings (SSSR count). The normalized spacial score (nSPS) is 13.2. The van der Waals surface area contributed by atoms with Gasteiger partial charge in [0.05, 0.1) is 33.9 Å². The first-order chi connectivity index (χ1) is 20.1. The fraction of sp³-hybridized carbons (Fsp3) is 0.333. The van der Waals surface area contributed by atoms with E-state index in [0.717, 1.165) is 42.8 Å². The maximum absolute atomic E-state index is 13.2. The fourth-order valence-electron chi connectivity index (χ4n) is 4.85. The highest BCUT2D eigenvalue weighted by Crippen LogP contribution is 2.29. The quantitative estimate of drug-likeness (QED) is 0.221. The lowest BCUT2D eigenvalue weighted by Gasteiger charge is -2.23. The van der Waals surface area contributed by atoms with Gasteiger partial charge >= 0.3 is 0 Å². The lowest BCUT2D eigenvalue weighted by Crippen LogP contribution is -2.30. The maximum atomic E-state index is 13.2. The van der Waals surface area contributed by atoms with E-state index in [9.17, 15) is 9.59 Å². The number of fused-ring (bicyclic) bond motifs is 1. The Morgan fingerprint density at radius 2 is 1.90 bits per heavy atom. The third-order valence-electron chi connectivity index (χ3n) is 6.96. The van der Waals surface area contributed by atoms with Crippen LogP contribution in [0.1, 0.15) is 58.7 Å². The van der Waals surface area contributed by atoms with E-state index in [1.807, 2.05) is 39.0 Å². The average molecular weight is 605 g/mol. The molecule has 1 amide bonds. The van der Waals surface area contributed by atoms with E-state index >= 15 is 0 Å². The van der Waals surface area contributed by atoms with Crippen molar-refractivity contribution in [2.45, 2.75) is 39.7 Å². The Kier molecular flexibility index (Phi) is 10.0. The highest BCUT2D eigenvalue weighted by Gasteiger charge is 2.22. The molecular formula is C30H33ClN8O2S. The van der Waals surface area contributed by atoms with Crippen molar-refractivity contribution in [3.63, 3.8) is 0 Å². The van der Waals surface area contributed by atoms with Crippen LogP contribution in [0.4, 0.5) is 11.6 Å². The molecule has 10 nitrogen and oxygen atoms in total. The van der Waals surface area contributed by atoms with Crippen LogP contribution in [0.2, 0.25) is 5.15 Å². The van der Waals surface area contributed by atoms with Crippen LogP contribution < -0.4 is 20.5 Å². The monoisotopic (exact) mass is 604 g/mol. The number of pyridine rings is 2. The number of amides is 1. The van der Waals surface area contributed by atoms with Crippen LogP contribution in [0.5, 0.6) is 0 Å². The topological polar surface area (TPSA) is 129 Å². The van der Waals surface area contributed by atoms with Crippen LogP contribution >= 0.6 is 23.5 Å². The van der Waals surface area contributed by atoms with Gasteiger partial charge in [-0.2, -0.15) is 5.26 Å². The molecule has 4 heterocycles. The zero-order chi connectivity index (χ0) is 30.4. The van der Waals surface area contributed by atoms with Crippen molar-refractivity contribution in [3.05, 3.63) is 86.2 Å². The van der Waals surface area contributed by atoms with Crippen LogP contribution in [-0.2, 0) is 7.05 Å². The molecule has 12 heteroatoms. The minimum atomic E-state index is -0.336. The van der Waals surface area contributed by atoms with E-state index in [0.29, 0.717) is 28.1 Å². The van der Waals surface area contributed by atoms with Crippen LogP contribution in [0.25, 0.3) is 10.9 Å². The Labute approximate surface area is 254 Å². The lowest BCUT2D eigenvalue weighted by molar-refractivity contribution is 0.0980. The molecular weight excluding hydrogens is 572 g/mol. The number of nitrogens with zero attached hydrogens (tertiary/aromatic N) is 6. The summed E-state index contributed by atoms with van der Waals surface area (Å²) >= 11 is 7.24. The largest absolute Gasteiger partial charge is 0.377 e. The van der Waals surface area contributed by atoms with E-state index in [2.05, 4.69) is 24.9 Å². The summed E-state index contributed by atoms with van der Waals surface area (Å²) in [6, 6.07) is 12.6. The Hall–Kier alpha value is -4.14. The molecule has 0 spiro atoms. The highest BCUT2D eigenvalue weighted by atomic mass is 35.5. The van der Waals surface area contributed by atoms with Crippen molar-refractivity contribution >= 4 is 52.0 Å². The van der Waals surface area contributed by atoms with Gasteiger partial charge < -0.3 is 10.2 Å². The van der Waals surface area contributed by atoms with E-state index in [-0.39, 0.29) is 28.4 Å². The van der Waals surface area contributed by atoms with Gasteiger partial charge in [-0.3, -0.25) is 23.9 Å². The summed E-state index contributed by atoms with van der Waals surface area (Å²) in [6.07, 6.45) is 5.63. The first-order valence-electron chi connectivity index (χ1n) is 13.5. The number of nitrogens with one attached hydrogen (secondary N) is 2. The number of hydrogen-bond acceptors (Lipinski definition) is 9. The van der Waals surface area contributed by atoms with E-state index in [4.69, 9.17) is 21.8 Å². The predicted molar refractivity (Wildman–Crippen MR) is 169 cm³/mol. The summed E-state index contributed by atoms with van der Waals surface area (Å²) in [5.41, 5.74) is 4.66. The molecule has 0 aliphatic carbocycles. The number of aromatic nitrogens is 4. The molecule has 1 unspecified atom stereocenters. The maximum Gasteiger partial charge on any atom is 0.281 e. The summed E-state index contributed by atoms with van der Waals surface area (Å²) in [4.78, 5) is 41.0. The molecule has 0 saturated carbocycles. The van der Waals surface area contributed by atoms with Crippen molar-refractivity contribution in [2.75, 3.05) is 29.6 Å². The Bertz CT molecular complexity index is 1710. The van der Waals surface area contributed by atoms with Gasteiger partial charge in [-0.05, 0) is 69.5 Å². The van der Waals surface area contributed by atoms with Crippen LogP contribution in [-0.4, -0.2) is 44.8 Å². The second-order valence-electron chi connectivity index (χ2n) is 10.0. The van der Waals surface area contributed by atoms with Crippen molar-refractivity contribution < 1.29 is 4.79 Å². The molecule has 0 bridgehead atoms. The van der Waals surface area contributed by atoms with E-state index < -0.39 is 0 Å². The number of benzene rings is 1. The zero-order valence-corrected chi connectivity index (χ0v) is 25.8. The Morgan fingerprint density at radius 3 is 2.55 bits per heavy atom. The fourth-order valence-corrected chi connectivity index (χ4v) is 5.28. The molecule has 2 N–H and O–H groups in total. The number of carbonyl (C=O) groups is 1. The van der Waals surface area contributed by atoms with Gasteiger partial charge in [-0.1, -0.05) is 29.6 Å². The predicted octanol–water partition coefficient (Wildman–Crippen LogP) is 5.33. The molecule has 1 aliphatic rings. The van der Waals surface area contributed by atoms with Crippen molar-refractivity contribution in [2.24, 2.45) is 7.05 Å². The summed E-state index contributed by atoms with van der Waals surface area (Å²) in [5.74, 6) is 0.354. The smallest absolute Gasteiger partial charge is 0.281 e. The number of hydrogen-bond donors (Lipinski definition) is 2. The summed E-state index contributed by atoms with van der Waals surface area (Å²) in [6.45, 7) is 7.55. The Balaban J connectivity index is 0.000000385. The summed E-state index contributed by atoms with van der Waals surface area (Å²) in [5, 5.41) is 12.6. The Morgan fingerprint density at radius 1 is 1.17 bits per heavy atom. The number of rotatable bonds is 6. The molecule has 3 aromatic heterocycles. The molecule has 1 aromatic carbocycles. The zero-order valence-electron chi connectivity index (χ0n) is 24.2. The number of aryl methyl sites for hydroxylation is 2. The molecule has 218 valence electrons. The van der Waals surface area contributed by atoms with Gasteiger partial charge in [0.1, 0.15) is 11.2 Å². The molecule has 42 heavy (non-hydrogen) atoms. The van der Waals surface area contributed by atoms with Crippen molar-refractivity contribution in [1.29, 1.82) is 5.26 Å². The van der Waals surface area contributed by atoms with Gasteiger partial charge in [-0.15, -0.1) is 0 Å². The SMILES string of the molecule is CSNC(=O)c1nc(Cl)ccc1NC(C)c1cc(C)cc2c(=O)n(C)c(N3CCCC3)nc12.Cc1ncccc1C#N. The van der Waals surface area contributed by atoms with Gasteiger partial charge in [-0.25, -0.2) is 9.97 Å². The number of carbonyl (C=O) groups excluding carboxylic acids is 1. The highest BCUT2D eigenvalue weighted by molar-refractivity contribution is 7.97. The molecule has 4 aromatic rings. The van der Waals surface area contributed by atoms with Gasteiger partial charge in [0, 0.05) is 38.2 Å². The third-order valence-corrected chi connectivity index (χ3v) is 7.56. The molecule has 1 fully saturated rings. The second kappa shape index (κ2) is 13.7. The summed E-state index contributed by atoms with van der Waals surface area (Å²) in [7, 11) is 1.78. The minimum Gasteiger partial charge on any atom is -0.377 e. The van der Waals surface area contributed by atoms with Gasteiger partial charge in [0.2, 0.25) is 5.95 Å². The minimum absolute atomic E-state index is 0.0627. The van der Waals surface area contributed by atoms with Crippen LogP contribution in [0, 0.1) is 25.2 Å². The standard InChI is InChI=1S/C23H27ClN6O2S.C7H6N2/c1-13-11-15(14(2)25-17-7-8-18(24)26-20(17)21(31)28-33-4)19-16(12-13)22(32)29(3)23(27-19)30-9-5-6-10-30;1-6-7(5-8)3-2-4-9-6/h7-8,11-12,14,25H,5-6,9-10H2,1-4H3,(H,28,31);2-4H,1H3. The first-order valence-corrected chi connectivity index (χ1v) is 15.1. The van der Waals surface area contributed by atoms with Gasteiger partial charge in [0.15, 0.2) is 5.69 Å². The number of nitriles is 1. The molecule has 1 aliphatic heterocycles. The van der Waals surface area contributed by atoms with Gasteiger partial charge in [0.25, 0.3) is 11.5 Å². The van der Waals surface area contributed by atoms with Crippen LogP contribution in [0.15, 0.2) is 47.4 Å². The van der Waals surface area contributed by atoms with Crippen LogP contribution in [0.3, 0.4) is 0 Å².